The van der Waals surface area contributed by atoms with Crippen LogP contribution in [0.1, 0.15) is 18.3 Å². The predicted octanol–water partition coefficient (Wildman–Crippen LogP) is -0.0790. The van der Waals surface area contributed by atoms with Gasteiger partial charge in [0.1, 0.15) is 5.51 Å². The van der Waals surface area contributed by atoms with Gasteiger partial charge in [-0.05, 0) is 13.0 Å². The molecule has 1 saturated heterocycles. The number of carboxylic acids is 1. The van der Waals surface area contributed by atoms with Gasteiger partial charge in [-0.15, -0.1) is 10.2 Å². The van der Waals surface area contributed by atoms with E-state index in [2.05, 4.69) is 20.6 Å². The highest BCUT2D eigenvalue weighted by atomic mass is 32.1. The van der Waals surface area contributed by atoms with Gasteiger partial charge >= 0.3 is 5.97 Å². The van der Waals surface area contributed by atoms with Crippen LogP contribution < -0.4 is 5.32 Å². The summed E-state index contributed by atoms with van der Waals surface area (Å²) in [5.74, 6) is -0.669. The molecule has 2 aromatic rings. The van der Waals surface area contributed by atoms with Crippen molar-refractivity contribution in [3.63, 3.8) is 0 Å². The van der Waals surface area contributed by atoms with Crippen LogP contribution in [0.2, 0.25) is 0 Å². The number of hydrogen-bond donors (Lipinski definition) is 2. The Bertz CT molecular complexity index is 535. The van der Waals surface area contributed by atoms with E-state index in [1.54, 1.807) is 10.0 Å². The summed E-state index contributed by atoms with van der Waals surface area (Å²) in [5, 5.41) is 24.3. The topological polar surface area (TPSA) is 92.4 Å². The fraction of sp³-hybridized carbons (Fsp3) is 0.500. The molecule has 0 bridgehead atoms. The van der Waals surface area contributed by atoms with Gasteiger partial charge in [-0.25, -0.2) is 0 Å². The molecule has 84 valence electrons. The third-order valence-electron chi connectivity index (χ3n) is 2.77. The first kappa shape index (κ1) is 9.67. The van der Waals surface area contributed by atoms with Crippen LogP contribution in [-0.2, 0) is 4.79 Å². The van der Waals surface area contributed by atoms with Crippen LogP contribution >= 0.6 is 11.3 Å². The molecule has 1 fully saturated rings. The number of aliphatic carboxylic acids is 1. The zero-order valence-corrected chi connectivity index (χ0v) is 9.02. The van der Waals surface area contributed by atoms with Gasteiger partial charge < -0.3 is 10.4 Å². The maximum absolute atomic E-state index is 11.1. The van der Waals surface area contributed by atoms with Crippen LogP contribution in [0, 0.1) is 5.92 Å². The van der Waals surface area contributed by atoms with Crippen LogP contribution in [0.15, 0.2) is 5.51 Å². The molecule has 7 nitrogen and oxygen atoms in total. The van der Waals surface area contributed by atoms with Gasteiger partial charge in [-0.1, -0.05) is 11.3 Å². The summed E-state index contributed by atoms with van der Waals surface area (Å²) in [5.41, 5.74) is 1.66. The number of aromatic nitrogens is 4. The van der Waals surface area contributed by atoms with Crippen molar-refractivity contribution >= 4 is 22.3 Å². The second-order valence-electron chi connectivity index (χ2n) is 3.66. The number of carboxylic acid groups (broad SMARTS) is 1. The molecular formula is C8H9N5O2S. The highest BCUT2D eigenvalue weighted by Crippen LogP contribution is 2.28. The summed E-state index contributed by atoms with van der Waals surface area (Å²) in [4.78, 5) is 11.8. The molecule has 0 saturated carbocycles. The fourth-order valence-electron chi connectivity index (χ4n) is 2.01. The van der Waals surface area contributed by atoms with Gasteiger partial charge in [0.05, 0.1) is 12.0 Å². The zero-order chi connectivity index (χ0) is 11.1. The summed E-state index contributed by atoms with van der Waals surface area (Å²) >= 11 is 1.38. The fourth-order valence-corrected chi connectivity index (χ4v) is 2.58. The molecule has 0 aliphatic carbocycles. The summed E-state index contributed by atoms with van der Waals surface area (Å²) in [6.07, 6.45) is 0.610. The zero-order valence-electron chi connectivity index (χ0n) is 8.20. The van der Waals surface area contributed by atoms with Gasteiger partial charge in [0.15, 0.2) is 5.82 Å². The molecule has 0 amide bonds. The quantitative estimate of drug-likeness (QED) is 0.761. The van der Waals surface area contributed by atoms with Crippen molar-refractivity contribution in [1.82, 2.24) is 25.1 Å². The van der Waals surface area contributed by atoms with Crippen LogP contribution in [0.4, 0.5) is 0 Å². The van der Waals surface area contributed by atoms with Crippen molar-refractivity contribution in [1.29, 1.82) is 0 Å². The monoisotopic (exact) mass is 239 g/mol. The largest absolute Gasteiger partial charge is 0.481 e. The van der Waals surface area contributed by atoms with Gasteiger partial charge in [-0.2, -0.15) is 9.61 Å². The summed E-state index contributed by atoms with van der Waals surface area (Å²) in [7, 11) is 0. The molecular weight excluding hydrogens is 230 g/mol. The Hall–Kier alpha value is -1.54. The average molecular weight is 239 g/mol. The van der Waals surface area contributed by atoms with Gasteiger partial charge in [0.2, 0.25) is 4.96 Å². The first-order chi connectivity index (χ1) is 7.77. The van der Waals surface area contributed by atoms with Crippen LogP contribution in [-0.4, -0.2) is 37.4 Å². The van der Waals surface area contributed by atoms with E-state index in [4.69, 9.17) is 5.11 Å². The number of hydrogen-bond acceptors (Lipinski definition) is 6. The van der Waals surface area contributed by atoms with Crippen LogP contribution in [0.3, 0.4) is 0 Å². The SMILES string of the molecule is O=C(O)C1CCNC1c1nnc2scnn12. The van der Waals surface area contributed by atoms with Gasteiger partial charge in [0.25, 0.3) is 0 Å². The molecule has 1 aliphatic rings. The van der Waals surface area contributed by atoms with E-state index >= 15 is 0 Å². The molecule has 1 aliphatic heterocycles. The lowest BCUT2D eigenvalue weighted by molar-refractivity contribution is -0.142. The standard InChI is InChI=1S/C8H9N5O2S/c14-7(15)4-1-2-9-5(4)6-11-12-8-13(6)10-3-16-8/h3-5,9H,1-2H2,(H,14,15). The van der Waals surface area contributed by atoms with Crippen LogP contribution in [0.5, 0.6) is 0 Å². The second kappa shape index (κ2) is 3.49. The Morgan fingerprint density at radius 2 is 2.50 bits per heavy atom. The van der Waals surface area contributed by atoms with Crippen molar-refractivity contribution in [2.45, 2.75) is 12.5 Å². The molecule has 3 rings (SSSR count). The third-order valence-corrected chi connectivity index (χ3v) is 3.44. The molecule has 2 atom stereocenters. The minimum atomic E-state index is -0.804. The first-order valence-electron chi connectivity index (χ1n) is 4.88. The normalized spacial score (nSPS) is 25.2. The second-order valence-corrected chi connectivity index (χ2v) is 4.47. The molecule has 2 aromatic heterocycles. The summed E-state index contributed by atoms with van der Waals surface area (Å²) in [6.45, 7) is 0.681. The van der Waals surface area contributed by atoms with Crippen LogP contribution in [0.25, 0.3) is 4.96 Å². The number of nitrogens with zero attached hydrogens (tertiary/aromatic N) is 4. The Morgan fingerprint density at radius 3 is 3.31 bits per heavy atom. The molecule has 3 heterocycles. The molecule has 16 heavy (non-hydrogen) atoms. The summed E-state index contributed by atoms with van der Waals surface area (Å²) in [6, 6.07) is -0.297. The predicted molar refractivity (Wildman–Crippen MR) is 55.1 cm³/mol. The molecule has 0 spiro atoms. The lowest BCUT2D eigenvalue weighted by Crippen LogP contribution is -2.25. The maximum Gasteiger partial charge on any atom is 0.308 e. The van der Waals surface area contributed by atoms with E-state index in [0.717, 1.165) is 0 Å². The van der Waals surface area contributed by atoms with E-state index in [0.29, 0.717) is 23.8 Å². The summed E-state index contributed by atoms with van der Waals surface area (Å²) < 4.78 is 1.60. The van der Waals surface area contributed by atoms with E-state index in [1.165, 1.54) is 11.3 Å². The van der Waals surface area contributed by atoms with E-state index in [9.17, 15) is 4.79 Å². The van der Waals surface area contributed by atoms with Gasteiger partial charge in [0, 0.05) is 0 Å². The molecule has 2 N–H and O–H groups in total. The average Bonchev–Trinajstić information content (AvgIpc) is 2.92. The third kappa shape index (κ3) is 1.30. The smallest absolute Gasteiger partial charge is 0.308 e. The van der Waals surface area contributed by atoms with Crippen molar-refractivity contribution in [3.8, 4) is 0 Å². The lowest BCUT2D eigenvalue weighted by atomic mass is 10.0. The van der Waals surface area contributed by atoms with Crippen molar-refractivity contribution < 1.29 is 9.90 Å². The molecule has 8 heteroatoms. The number of rotatable bonds is 2. The minimum Gasteiger partial charge on any atom is -0.481 e. The molecule has 0 aromatic carbocycles. The number of carbonyl (C=O) groups is 1. The van der Waals surface area contributed by atoms with E-state index < -0.39 is 11.9 Å². The molecule has 2 unspecified atom stereocenters. The lowest BCUT2D eigenvalue weighted by Gasteiger charge is -2.12. The van der Waals surface area contributed by atoms with Crippen molar-refractivity contribution in [3.05, 3.63) is 11.3 Å². The highest BCUT2D eigenvalue weighted by Gasteiger charge is 2.37. The Labute approximate surface area is 94.1 Å². The van der Waals surface area contributed by atoms with E-state index in [1.807, 2.05) is 0 Å². The molecule has 0 radical (unpaired) electrons. The Kier molecular flexibility index (Phi) is 2.11. The number of fused-ring (bicyclic) bond motifs is 1. The van der Waals surface area contributed by atoms with E-state index in [-0.39, 0.29) is 6.04 Å². The number of nitrogens with one attached hydrogen (secondary N) is 1. The first-order valence-corrected chi connectivity index (χ1v) is 5.76. The van der Waals surface area contributed by atoms with Crippen molar-refractivity contribution in [2.75, 3.05) is 6.54 Å². The Morgan fingerprint density at radius 1 is 1.62 bits per heavy atom. The maximum atomic E-state index is 11.1. The minimum absolute atomic E-state index is 0.297. The highest BCUT2D eigenvalue weighted by molar-refractivity contribution is 7.14. The van der Waals surface area contributed by atoms with Gasteiger partial charge in [-0.3, -0.25) is 4.79 Å². The van der Waals surface area contributed by atoms with Crippen molar-refractivity contribution in [2.24, 2.45) is 5.92 Å². The Balaban J connectivity index is 2.03.